The van der Waals surface area contributed by atoms with Crippen molar-refractivity contribution in [2.75, 3.05) is 17.7 Å². The second-order valence-corrected chi connectivity index (χ2v) is 9.89. The highest BCUT2D eigenvalue weighted by molar-refractivity contribution is 6.10. The normalized spacial score (nSPS) is 13.1. The molecular weight excluding hydrogens is 464 g/mol. The number of hydrogen-bond donors (Lipinski definition) is 2. The van der Waals surface area contributed by atoms with Crippen LogP contribution in [0.25, 0.3) is 17.0 Å². The molecule has 0 atom stereocenters. The van der Waals surface area contributed by atoms with Gasteiger partial charge in [0.25, 0.3) is 0 Å². The van der Waals surface area contributed by atoms with Gasteiger partial charge >= 0.3 is 0 Å². The molecule has 194 valence electrons. The molecule has 4 rings (SSSR count). The Kier molecular flexibility index (Phi) is 8.32. The van der Waals surface area contributed by atoms with Crippen LogP contribution in [0.3, 0.4) is 0 Å². The quantitative estimate of drug-likeness (QED) is 0.307. The Hall–Kier alpha value is -4.31. The van der Waals surface area contributed by atoms with E-state index in [0.717, 1.165) is 63.8 Å². The van der Waals surface area contributed by atoms with E-state index in [0.29, 0.717) is 0 Å². The summed E-state index contributed by atoms with van der Waals surface area (Å²) in [5.41, 5.74) is 11.3. The lowest BCUT2D eigenvalue weighted by Crippen LogP contribution is -2.27. The first-order chi connectivity index (χ1) is 18.3. The first kappa shape index (κ1) is 26.7. The van der Waals surface area contributed by atoms with Crippen molar-refractivity contribution < 1.29 is 0 Å². The van der Waals surface area contributed by atoms with Crippen molar-refractivity contribution in [2.24, 2.45) is 4.99 Å². The van der Waals surface area contributed by atoms with Gasteiger partial charge in [0.05, 0.1) is 11.4 Å². The average Bonchev–Trinajstić information content (AvgIpc) is 2.91. The van der Waals surface area contributed by atoms with Crippen molar-refractivity contribution in [3.8, 4) is 0 Å². The minimum absolute atomic E-state index is 0.726. The molecule has 0 amide bonds. The van der Waals surface area contributed by atoms with E-state index in [1.54, 1.807) is 0 Å². The Morgan fingerprint density at radius 2 is 1.61 bits per heavy atom. The maximum absolute atomic E-state index is 4.98. The Morgan fingerprint density at radius 1 is 0.921 bits per heavy atom. The number of likely N-dealkylation sites (N-methyl/N-ethyl adjacent to an activating group) is 1. The fourth-order valence-electron chi connectivity index (χ4n) is 4.37. The number of amidine groups is 1. The summed E-state index contributed by atoms with van der Waals surface area (Å²) < 4.78 is 0. The van der Waals surface area contributed by atoms with Gasteiger partial charge in [0.15, 0.2) is 5.84 Å². The molecule has 3 aromatic rings. The predicted molar refractivity (Wildman–Crippen MR) is 166 cm³/mol. The molecule has 0 aliphatic carbocycles. The van der Waals surface area contributed by atoms with Gasteiger partial charge in [-0.2, -0.15) is 0 Å². The lowest BCUT2D eigenvalue weighted by Gasteiger charge is -2.26. The molecule has 2 N–H and O–H groups in total. The van der Waals surface area contributed by atoms with Gasteiger partial charge in [-0.1, -0.05) is 87.2 Å². The van der Waals surface area contributed by atoms with E-state index in [2.05, 4.69) is 112 Å². The molecule has 0 radical (unpaired) electrons. The number of hydrogen-bond acceptors (Lipinski definition) is 4. The van der Waals surface area contributed by atoms with Gasteiger partial charge in [0.1, 0.15) is 0 Å². The summed E-state index contributed by atoms with van der Waals surface area (Å²) in [6.45, 7) is 19.1. The second kappa shape index (κ2) is 11.8. The number of anilines is 2. The highest BCUT2D eigenvalue weighted by atomic mass is 15.2. The van der Waals surface area contributed by atoms with Gasteiger partial charge in [-0.3, -0.25) is 0 Å². The number of allylic oxidation sites excluding steroid dienone is 1. The molecule has 0 saturated heterocycles. The highest BCUT2D eigenvalue weighted by Gasteiger charge is 2.19. The minimum atomic E-state index is 0.726. The SMILES string of the molecule is C=C(CCCC)c1ccc(NC2=NC(c3cccc(NC(=C)c4ccc(C)cc4)c3C)=CN(C)C2=C)cc1. The number of aliphatic imine (C=N–C) groups is 1. The van der Waals surface area contributed by atoms with Crippen LogP contribution in [-0.4, -0.2) is 17.8 Å². The fraction of sp³-hybridized carbons (Fsp3) is 0.206. The van der Waals surface area contributed by atoms with Crippen molar-refractivity contribution in [2.45, 2.75) is 40.0 Å². The van der Waals surface area contributed by atoms with Gasteiger partial charge in [-0.05, 0) is 67.2 Å². The van der Waals surface area contributed by atoms with E-state index < -0.39 is 0 Å². The molecule has 1 aliphatic rings. The average molecular weight is 503 g/mol. The monoisotopic (exact) mass is 502 g/mol. The molecule has 3 aromatic carbocycles. The van der Waals surface area contributed by atoms with E-state index in [4.69, 9.17) is 4.99 Å². The second-order valence-electron chi connectivity index (χ2n) is 9.89. The number of nitrogens with one attached hydrogen (secondary N) is 2. The number of nitrogens with zero attached hydrogens (tertiary/aromatic N) is 2. The van der Waals surface area contributed by atoms with Crippen LogP contribution in [0.2, 0.25) is 0 Å². The maximum atomic E-state index is 4.98. The van der Waals surface area contributed by atoms with Crippen LogP contribution in [0.15, 0.2) is 103 Å². The molecule has 0 fully saturated rings. The van der Waals surface area contributed by atoms with E-state index in [1.165, 1.54) is 23.1 Å². The Bertz CT molecular complexity index is 1410. The van der Waals surface area contributed by atoms with Crippen molar-refractivity contribution in [3.05, 3.63) is 126 Å². The van der Waals surface area contributed by atoms with Crippen molar-refractivity contribution >= 4 is 34.2 Å². The minimum Gasteiger partial charge on any atom is -0.355 e. The molecule has 38 heavy (non-hydrogen) atoms. The molecule has 4 heteroatoms. The van der Waals surface area contributed by atoms with E-state index in [9.17, 15) is 0 Å². The van der Waals surface area contributed by atoms with Crippen LogP contribution >= 0.6 is 0 Å². The summed E-state index contributed by atoms with van der Waals surface area (Å²) in [5.74, 6) is 0.726. The summed E-state index contributed by atoms with van der Waals surface area (Å²) >= 11 is 0. The van der Waals surface area contributed by atoms with Crippen molar-refractivity contribution in [1.82, 2.24) is 4.90 Å². The molecule has 0 aromatic heterocycles. The summed E-state index contributed by atoms with van der Waals surface area (Å²) in [6.07, 6.45) is 5.38. The molecule has 0 spiro atoms. The number of rotatable bonds is 9. The van der Waals surface area contributed by atoms with E-state index >= 15 is 0 Å². The number of unbranched alkanes of at least 4 members (excludes halogenated alkanes) is 1. The fourth-order valence-corrected chi connectivity index (χ4v) is 4.37. The number of benzene rings is 3. The van der Waals surface area contributed by atoms with E-state index in [-0.39, 0.29) is 0 Å². The standard InChI is InChI=1S/C34H38N4/c1-8-9-11-24(3)28-18-20-30(21-19-28)36-34-27(6)38(7)22-33(37-34)31-12-10-13-32(25(31)4)35-26(5)29-16-14-23(2)15-17-29/h10,12-22,35H,3,5-6,8-9,11H2,1-2,4,7H3,(H,36,37). The number of aryl methyl sites for hydroxylation is 1. The van der Waals surface area contributed by atoms with Gasteiger partial charge in [0, 0.05) is 35.9 Å². The van der Waals surface area contributed by atoms with Crippen LogP contribution in [0.5, 0.6) is 0 Å². The summed E-state index contributed by atoms with van der Waals surface area (Å²) in [6, 6.07) is 23.0. The topological polar surface area (TPSA) is 39.7 Å². The van der Waals surface area contributed by atoms with Gasteiger partial charge in [-0.15, -0.1) is 0 Å². The summed E-state index contributed by atoms with van der Waals surface area (Å²) in [7, 11) is 2.00. The third-order valence-corrected chi connectivity index (χ3v) is 6.93. The lowest BCUT2D eigenvalue weighted by atomic mass is 10.0. The molecule has 1 aliphatic heterocycles. The molecule has 0 bridgehead atoms. The van der Waals surface area contributed by atoms with Crippen LogP contribution in [0.1, 0.15) is 54.0 Å². The molecule has 0 saturated carbocycles. The van der Waals surface area contributed by atoms with Crippen LogP contribution < -0.4 is 10.6 Å². The van der Waals surface area contributed by atoms with Crippen LogP contribution in [0, 0.1) is 13.8 Å². The zero-order chi connectivity index (χ0) is 27.2. The first-order valence-electron chi connectivity index (χ1n) is 13.2. The smallest absolute Gasteiger partial charge is 0.154 e. The predicted octanol–water partition coefficient (Wildman–Crippen LogP) is 8.86. The Morgan fingerprint density at radius 3 is 2.29 bits per heavy atom. The molecule has 1 heterocycles. The molecular formula is C34H38N4. The van der Waals surface area contributed by atoms with Gasteiger partial charge in [-0.25, -0.2) is 4.99 Å². The zero-order valence-electron chi connectivity index (χ0n) is 23.1. The van der Waals surface area contributed by atoms with Gasteiger partial charge in [0.2, 0.25) is 0 Å². The Labute approximate surface area is 227 Å². The molecule has 0 unspecified atom stereocenters. The van der Waals surface area contributed by atoms with Crippen molar-refractivity contribution in [3.63, 3.8) is 0 Å². The highest BCUT2D eigenvalue weighted by Crippen LogP contribution is 2.31. The zero-order valence-corrected chi connectivity index (χ0v) is 23.1. The first-order valence-corrected chi connectivity index (χ1v) is 13.2. The van der Waals surface area contributed by atoms with Crippen LogP contribution in [-0.2, 0) is 0 Å². The van der Waals surface area contributed by atoms with E-state index in [1.807, 2.05) is 24.2 Å². The third-order valence-electron chi connectivity index (χ3n) is 6.93. The summed E-state index contributed by atoms with van der Waals surface area (Å²) in [5, 5.41) is 6.97. The Balaban J connectivity index is 1.55. The molecule has 4 nitrogen and oxygen atoms in total. The van der Waals surface area contributed by atoms with Crippen LogP contribution in [0.4, 0.5) is 11.4 Å². The maximum Gasteiger partial charge on any atom is 0.154 e. The summed E-state index contributed by atoms with van der Waals surface area (Å²) in [4.78, 5) is 6.99. The van der Waals surface area contributed by atoms with Gasteiger partial charge < -0.3 is 15.5 Å². The lowest BCUT2D eigenvalue weighted by molar-refractivity contribution is 0.597. The largest absolute Gasteiger partial charge is 0.355 e. The third kappa shape index (κ3) is 6.15. The van der Waals surface area contributed by atoms with Crippen molar-refractivity contribution in [1.29, 1.82) is 0 Å².